The smallest absolute Gasteiger partial charge is 0.306 e. The third kappa shape index (κ3) is 23.9. The van der Waals surface area contributed by atoms with Crippen molar-refractivity contribution >= 4 is 11.9 Å². The summed E-state index contributed by atoms with van der Waals surface area (Å²) in [6.07, 6.45) is 26.7. The number of rotatable bonds is 36. The molecular weight excluding hydrogens is 727 g/mol. The number of carbonyl (C=O) groups excluding carboxylic acids is 2. The van der Waals surface area contributed by atoms with Gasteiger partial charge in [0.05, 0.1) is 13.2 Å². The molecule has 8 nitrogen and oxygen atoms in total. The molecule has 58 heavy (non-hydrogen) atoms. The molecule has 0 heterocycles. The van der Waals surface area contributed by atoms with E-state index in [9.17, 15) is 14.7 Å². The number of aliphatic hydroxyl groups is 1. The van der Waals surface area contributed by atoms with E-state index in [4.69, 9.17) is 18.9 Å². The zero-order chi connectivity index (χ0) is 42.6. The minimum absolute atomic E-state index is 0.00208. The van der Waals surface area contributed by atoms with Crippen LogP contribution in [-0.4, -0.2) is 80.4 Å². The second-order valence-corrected chi connectivity index (χ2v) is 19.3. The molecule has 0 spiro atoms. The molecule has 0 aromatic heterocycles. The molecule has 2 aliphatic rings. The maximum Gasteiger partial charge on any atom is 0.306 e. The topological polar surface area (TPSA) is 94.5 Å². The standard InChI is InChI=1S/C50H91NO7/c1-40(2)21-19-23-42(5)29-36-56-49(57-37-30-43(6)24-20-22-41(3)4)31-38-55-47(53)25-15-11-9-13-17-32-51(34-35-52)33-18-14-10-12-16-26-48(54)58-46-39-44-27-28-45(46)50(44,7)8/h21-22,42-46,49,52H,9-20,23-39H2,1-8H3. The molecule has 0 aromatic carbocycles. The van der Waals surface area contributed by atoms with Crippen LogP contribution in [-0.2, 0) is 28.5 Å². The molecule has 2 bridgehead atoms. The van der Waals surface area contributed by atoms with E-state index < -0.39 is 0 Å². The minimum atomic E-state index is -0.347. The maximum absolute atomic E-state index is 12.5. The third-order valence-corrected chi connectivity index (χ3v) is 13.1. The molecule has 0 aliphatic heterocycles. The highest BCUT2D eigenvalue weighted by Gasteiger charge is 2.54. The first-order chi connectivity index (χ1) is 27.8. The van der Waals surface area contributed by atoms with Crippen molar-refractivity contribution in [2.24, 2.45) is 29.1 Å². The van der Waals surface area contributed by atoms with Gasteiger partial charge in [-0.05, 0) is 147 Å². The van der Waals surface area contributed by atoms with Gasteiger partial charge in [-0.3, -0.25) is 9.59 Å². The Labute approximate surface area is 357 Å². The van der Waals surface area contributed by atoms with Crippen LogP contribution in [0.2, 0.25) is 0 Å². The molecule has 0 amide bonds. The minimum Gasteiger partial charge on any atom is -0.465 e. The number of unbranched alkanes of at least 4 members (excludes halogenated alkanes) is 8. The van der Waals surface area contributed by atoms with E-state index in [1.54, 1.807) is 0 Å². The number of hydrogen-bond acceptors (Lipinski definition) is 8. The van der Waals surface area contributed by atoms with Crippen molar-refractivity contribution in [2.45, 2.75) is 209 Å². The molecule has 0 aromatic rings. The van der Waals surface area contributed by atoms with Gasteiger partial charge < -0.3 is 29.0 Å². The van der Waals surface area contributed by atoms with Gasteiger partial charge in [0.2, 0.25) is 0 Å². The average Bonchev–Trinajstić information content (AvgIpc) is 3.58. The first kappa shape index (κ1) is 52.4. The first-order valence-corrected chi connectivity index (χ1v) is 24.0. The lowest BCUT2D eigenvalue weighted by molar-refractivity contribution is -0.163. The lowest BCUT2D eigenvalue weighted by Gasteiger charge is -2.26. The van der Waals surface area contributed by atoms with Crippen molar-refractivity contribution in [3.8, 4) is 0 Å². The lowest BCUT2D eigenvalue weighted by atomic mass is 9.82. The molecule has 1 N–H and O–H groups in total. The van der Waals surface area contributed by atoms with Gasteiger partial charge in [0.15, 0.2) is 6.29 Å². The van der Waals surface area contributed by atoms with Crippen LogP contribution in [0.1, 0.15) is 197 Å². The van der Waals surface area contributed by atoms with Gasteiger partial charge in [0.25, 0.3) is 0 Å². The lowest BCUT2D eigenvalue weighted by Crippen LogP contribution is -2.29. The number of nitrogens with zero attached hydrogens (tertiary/aromatic N) is 1. The van der Waals surface area contributed by atoms with Crippen molar-refractivity contribution in [3.05, 3.63) is 23.3 Å². The largest absolute Gasteiger partial charge is 0.465 e. The Kier molecular flexibility index (Phi) is 28.1. The van der Waals surface area contributed by atoms with Crippen LogP contribution in [0.3, 0.4) is 0 Å². The quantitative estimate of drug-likeness (QED) is 0.0289. The zero-order valence-corrected chi connectivity index (χ0v) is 39.0. The summed E-state index contributed by atoms with van der Waals surface area (Å²) >= 11 is 0. The van der Waals surface area contributed by atoms with Crippen molar-refractivity contribution in [2.75, 3.05) is 46.1 Å². The van der Waals surface area contributed by atoms with Gasteiger partial charge in [-0.15, -0.1) is 0 Å². The number of fused-ring (bicyclic) bond motifs is 2. The Morgan fingerprint density at radius 3 is 1.67 bits per heavy atom. The summed E-state index contributed by atoms with van der Waals surface area (Å²) in [4.78, 5) is 27.4. The van der Waals surface area contributed by atoms with Gasteiger partial charge in [-0.1, -0.05) is 89.5 Å². The summed E-state index contributed by atoms with van der Waals surface area (Å²) in [5.41, 5.74) is 3.07. The summed E-state index contributed by atoms with van der Waals surface area (Å²) in [6, 6.07) is 0. The molecule has 2 rings (SSSR count). The molecule has 0 saturated heterocycles. The molecule has 338 valence electrons. The van der Waals surface area contributed by atoms with E-state index in [0.29, 0.717) is 62.3 Å². The van der Waals surface area contributed by atoms with Crippen LogP contribution in [0.25, 0.3) is 0 Å². The third-order valence-electron chi connectivity index (χ3n) is 13.1. The second-order valence-electron chi connectivity index (χ2n) is 19.3. The van der Waals surface area contributed by atoms with Crippen LogP contribution >= 0.6 is 0 Å². The van der Waals surface area contributed by atoms with Crippen LogP contribution < -0.4 is 0 Å². The fourth-order valence-electron chi connectivity index (χ4n) is 9.02. The SMILES string of the molecule is CC(C)=CCCC(C)CCOC(CCOC(=O)CCCCCCCN(CCO)CCCCCCCC(=O)OC1CC2CCC1C2(C)C)OCCC(C)CCC=C(C)C. The monoisotopic (exact) mass is 818 g/mol. The summed E-state index contributed by atoms with van der Waals surface area (Å²) in [6.45, 7) is 22.4. The first-order valence-electron chi connectivity index (χ1n) is 24.0. The number of allylic oxidation sites excluding steroid dienone is 4. The molecule has 5 unspecified atom stereocenters. The van der Waals surface area contributed by atoms with E-state index >= 15 is 0 Å². The molecule has 2 saturated carbocycles. The van der Waals surface area contributed by atoms with Gasteiger partial charge >= 0.3 is 11.9 Å². The number of hydrogen-bond donors (Lipinski definition) is 1. The Hall–Kier alpha value is -1.74. The summed E-state index contributed by atoms with van der Waals surface area (Å²) in [5.74, 6) is 2.32. The molecule has 2 fully saturated rings. The summed E-state index contributed by atoms with van der Waals surface area (Å²) < 4.78 is 23.9. The van der Waals surface area contributed by atoms with Crippen LogP contribution in [0.5, 0.6) is 0 Å². The highest BCUT2D eigenvalue weighted by Crippen LogP contribution is 2.58. The highest BCUT2D eigenvalue weighted by molar-refractivity contribution is 5.69. The predicted molar refractivity (Wildman–Crippen MR) is 240 cm³/mol. The number of carbonyl (C=O) groups is 2. The Balaban J connectivity index is 1.52. The van der Waals surface area contributed by atoms with Crippen molar-refractivity contribution in [3.63, 3.8) is 0 Å². The molecule has 0 radical (unpaired) electrons. The van der Waals surface area contributed by atoms with E-state index in [1.807, 2.05) is 0 Å². The Bertz CT molecular complexity index is 1110. The van der Waals surface area contributed by atoms with E-state index in [-0.39, 0.29) is 30.9 Å². The maximum atomic E-state index is 12.5. The van der Waals surface area contributed by atoms with Crippen molar-refractivity contribution in [1.82, 2.24) is 4.90 Å². The number of esters is 2. The summed E-state index contributed by atoms with van der Waals surface area (Å²) in [7, 11) is 0. The normalized spacial score (nSPS) is 19.9. The molecular formula is C50H91NO7. The van der Waals surface area contributed by atoms with Gasteiger partial charge in [-0.2, -0.15) is 0 Å². The van der Waals surface area contributed by atoms with Gasteiger partial charge in [0.1, 0.15) is 6.10 Å². The Morgan fingerprint density at radius 2 is 1.19 bits per heavy atom. The van der Waals surface area contributed by atoms with Gasteiger partial charge in [0, 0.05) is 44.9 Å². The number of ether oxygens (including phenoxy) is 4. The molecule has 2 aliphatic carbocycles. The van der Waals surface area contributed by atoms with E-state index in [2.05, 4.69) is 72.4 Å². The second kappa shape index (κ2) is 31.2. The van der Waals surface area contributed by atoms with Crippen LogP contribution in [0.15, 0.2) is 23.3 Å². The zero-order valence-electron chi connectivity index (χ0n) is 39.0. The fourth-order valence-corrected chi connectivity index (χ4v) is 9.02. The van der Waals surface area contributed by atoms with Crippen molar-refractivity contribution < 1.29 is 33.6 Å². The van der Waals surface area contributed by atoms with E-state index in [1.165, 1.54) is 24.0 Å². The van der Waals surface area contributed by atoms with E-state index in [0.717, 1.165) is 135 Å². The van der Waals surface area contributed by atoms with Crippen molar-refractivity contribution in [1.29, 1.82) is 0 Å². The highest BCUT2D eigenvalue weighted by atomic mass is 16.7. The fraction of sp³-hybridized carbons (Fsp3) is 0.880. The number of aliphatic hydroxyl groups excluding tert-OH is 1. The predicted octanol–water partition coefficient (Wildman–Crippen LogP) is 12.2. The molecule has 5 atom stereocenters. The molecule has 8 heteroatoms. The van der Waals surface area contributed by atoms with Gasteiger partial charge in [-0.25, -0.2) is 0 Å². The van der Waals surface area contributed by atoms with Crippen LogP contribution in [0, 0.1) is 29.1 Å². The summed E-state index contributed by atoms with van der Waals surface area (Å²) in [5, 5.41) is 9.59. The Morgan fingerprint density at radius 1 is 0.672 bits per heavy atom. The van der Waals surface area contributed by atoms with Crippen LogP contribution in [0.4, 0.5) is 0 Å². The average molecular weight is 818 g/mol.